The van der Waals surface area contributed by atoms with Crippen molar-refractivity contribution < 1.29 is 9.59 Å². The van der Waals surface area contributed by atoms with Crippen LogP contribution in [0.15, 0.2) is 24.3 Å². The summed E-state index contributed by atoms with van der Waals surface area (Å²) in [5.74, 6) is 1.25. The number of carbonyl (C=O) groups is 2. The van der Waals surface area contributed by atoms with Crippen LogP contribution in [-0.2, 0) is 9.59 Å². The summed E-state index contributed by atoms with van der Waals surface area (Å²) in [4.78, 5) is 25.1. The second-order valence-electron chi connectivity index (χ2n) is 5.81. The number of nitrogens with zero attached hydrogens (tertiary/aromatic N) is 3. The molecule has 2 heterocycles. The average Bonchev–Trinajstić information content (AvgIpc) is 3.17. The topological polar surface area (TPSA) is 75.2 Å². The number of aromatic nitrogens is 2. The standard InChI is InChI=1S/C16H18N4O2S2/c1-10(2)11-3-5-12(6-4-11)15-18-19-16(24-15)17-13(21)7-20-9-23-8-14(20)22/h3-6,10H,7-9H2,1-2H3,(H,17,19,21). The molecule has 0 unspecified atom stereocenters. The van der Waals surface area contributed by atoms with Gasteiger partial charge in [0.05, 0.1) is 11.6 Å². The Morgan fingerprint density at radius 2 is 2.04 bits per heavy atom. The molecule has 2 aromatic rings. The van der Waals surface area contributed by atoms with E-state index in [2.05, 4.69) is 41.5 Å². The quantitative estimate of drug-likeness (QED) is 0.885. The number of thioether (sulfide) groups is 1. The van der Waals surface area contributed by atoms with Crippen LogP contribution in [-0.4, -0.2) is 45.1 Å². The number of amides is 2. The zero-order valence-corrected chi connectivity index (χ0v) is 15.1. The third kappa shape index (κ3) is 3.93. The molecule has 2 amide bonds. The lowest BCUT2D eigenvalue weighted by Gasteiger charge is -2.12. The van der Waals surface area contributed by atoms with Crippen LogP contribution in [0.3, 0.4) is 0 Å². The molecule has 8 heteroatoms. The minimum absolute atomic E-state index is 0.00153. The fraction of sp³-hybridized carbons (Fsp3) is 0.375. The minimum atomic E-state index is -0.247. The summed E-state index contributed by atoms with van der Waals surface area (Å²) in [6.45, 7) is 4.36. The van der Waals surface area contributed by atoms with Crippen molar-refractivity contribution in [1.29, 1.82) is 0 Å². The van der Waals surface area contributed by atoms with E-state index in [9.17, 15) is 9.59 Å². The highest BCUT2D eigenvalue weighted by Crippen LogP contribution is 2.27. The van der Waals surface area contributed by atoms with Gasteiger partial charge in [0.2, 0.25) is 16.9 Å². The summed E-state index contributed by atoms with van der Waals surface area (Å²) in [6, 6.07) is 8.19. The van der Waals surface area contributed by atoms with Crippen molar-refractivity contribution in [2.45, 2.75) is 19.8 Å². The normalized spacial score (nSPS) is 14.5. The Hall–Kier alpha value is -1.93. The molecule has 1 aliphatic heterocycles. The van der Waals surface area contributed by atoms with Gasteiger partial charge in [-0.1, -0.05) is 49.4 Å². The fourth-order valence-electron chi connectivity index (χ4n) is 2.27. The van der Waals surface area contributed by atoms with Gasteiger partial charge in [-0.15, -0.1) is 22.0 Å². The van der Waals surface area contributed by atoms with E-state index in [1.165, 1.54) is 33.6 Å². The highest BCUT2D eigenvalue weighted by Gasteiger charge is 2.23. The van der Waals surface area contributed by atoms with Crippen LogP contribution in [0.25, 0.3) is 10.6 Å². The molecule has 1 saturated heterocycles. The number of nitrogens with one attached hydrogen (secondary N) is 1. The molecule has 24 heavy (non-hydrogen) atoms. The molecule has 1 N–H and O–H groups in total. The molecule has 0 radical (unpaired) electrons. The van der Waals surface area contributed by atoms with E-state index in [4.69, 9.17) is 0 Å². The number of hydrogen-bond donors (Lipinski definition) is 1. The predicted molar refractivity (Wildman–Crippen MR) is 97.1 cm³/mol. The van der Waals surface area contributed by atoms with Gasteiger partial charge in [0.25, 0.3) is 0 Å². The summed E-state index contributed by atoms with van der Waals surface area (Å²) in [6.07, 6.45) is 0. The maximum atomic E-state index is 12.0. The predicted octanol–water partition coefficient (Wildman–Crippen LogP) is 2.80. The lowest BCUT2D eigenvalue weighted by atomic mass is 10.0. The van der Waals surface area contributed by atoms with E-state index in [-0.39, 0.29) is 18.4 Å². The second kappa shape index (κ2) is 7.31. The molecule has 6 nitrogen and oxygen atoms in total. The van der Waals surface area contributed by atoms with E-state index < -0.39 is 0 Å². The third-order valence-corrected chi connectivity index (χ3v) is 5.49. The molecule has 1 fully saturated rings. The number of anilines is 1. The number of hydrogen-bond acceptors (Lipinski definition) is 6. The smallest absolute Gasteiger partial charge is 0.245 e. The van der Waals surface area contributed by atoms with Gasteiger partial charge >= 0.3 is 0 Å². The Morgan fingerprint density at radius 3 is 2.67 bits per heavy atom. The third-order valence-electron chi connectivity index (χ3n) is 3.66. The zero-order valence-electron chi connectivity index (χ0n) is 13.5. The Labute approximate surface area is 148 Å². The van der Waals surface area contributed by atoms with Crippen molar-refractivity contribution in [3.8, 4) is 10.6 Å². The van der Waals surface area contributed by atoms with Gasteiger partial charge < -0.3 is 4.90 Å². The van der Waals surface area contributed by atoms with Gasteiger partial charge in [-0.05, 0) is 11.5 Å². The minimum Gasteiger partial charge on any atom is -0.323 e. The Balaban J connectivity index is 1.62. The lowest BCUT2D eigenvalue weighted by molar-refractivity contribution is -0.130. The van der Waals surface area contributed by atoms with Crippen molar-refractivity contribution >= 4 is 40.0 Å². The molecule has 3 rings (SSSR count). The maximum Gasteiger partial charge on any atom is 0.245 e. The van der Waals surface area contributed by atoms with Crippen molar-refractivity contribution in [3.63, 3.8) is 0 Å². The van der Waals surface area contributed by atoms with Crippen molar-refractivity contribution in [3.05, 3.63) is 29.8 Å². The molecular weight excluding hydrogens is 344 g/mol. The van der Waals surface area contributed by atoms with Crippen LogP contribution in [0.5, 0.6) is 0 Å². The summed E-state index contributed by atoms with van der Waals surface area (Å²) in [7, 11) is 0. The Morgan fingerprint density at radius 1 is 1.29 bits per heavy atom. The monoisotopic (exact) mass is 362 g/mol. The summed E-state index contributed by atoms with van der Waals surface area (Å²) < 4.78 is 0. The first-order valence-corrected chi connectivity index (χ1v) is 9.59. The summed E-state index contributed by atoms with van der Waals surface area (Å²) in [5, 5.41) is 12.1. The molecule has 1 aromatic heterocycles. The van der Waals surface area contributed by atoms with Gasteiger partial charge in [0.15, 0.2) is 0 Å². The SMILES string of the molecule is CC(C)c1ccc(-c2nnc(NC(=O)CN3CSCC3=O)s2)cc1. The molecule has 0 spiro atoms. The number of carbonyl (C=O) groups excluding carboxylic acids is 2. The molecule has 0 bridgehead atoms. The average molecular weight is 362 g/mol. The lowest BCUT2D eigenvalue weighted by Crippen LogP contribution is -2.34. The largest absolute Gasteiger partial charge is 0.323 e. The van der Waals surface area contributed by atoms with Gasteiger partial charge in [-0.25, -0.2) is 0 Å². The first-order valence-electron chi connectivity index (χ1n) is 7.62. The van der Waals surface area contributed by atoms with Crippen molar-refractivity contribution in [1.82, 2.24) is 15.1 Å². The van der Waals surface area contributed by atoms with Crippen LogP contribution in [0, 0.1) is 0 Å². The number of rotatable bonds is 5. The van der Waals surface area contributed by atoms with Crippen LogP contribution >= 0.6 is 23.1 Å². The highest BCUT2D eigenvalue weighted by atomic mass is 32.2. The van der Waals surface area contributed by atoms with Crippen LogP contribution < -0.4 is 5.32 Å². The summed E-state index contributed by atoms with van der Waals surface area (Å²) in [5.41, 5.74) is 2.24. The van der Waals surface area contributed by atoms with Crippen molar-refractivity contribution in [2.24, 2.45) is 0 Å². The molecule has 0 aliphatic carbocycles. The van der Waals surface area contributed by atoms with Crippen LogP contribution in [0.1, 0.15) is 25.3 Å². The van der Waals surface area contributed by atoms with E-state index in [0.717, 1.165) is 10.6 Å². The van der Waals surface area contributed by atoms with Gasteiger partial charge in [0.1, 0.15) is 11.6 Å². The summed E-state index contributed by atoms with van der Waals surface area (Å²) >= 11 is 2.84. The van der Waals surface area contributed by atoms with Gasteiger partial charge in [0, 0.05) is 5.56 Å². The second-order valence-corrected chi connectivity index (χ2v) is 7.74. The number of benzene rings is 1. The molecular formula is C16H18N4O2S2. The Bertz CT molecular complexity index is 743. The van der Waals surface area contributed by atoms with E-state index in [0.29, 0.717) is 22.7 Å². The molecule has 0 atom stereocenters. The van der Waals surface area contributed by atoms with Crippen LogP contribution in [0.4, 0.5) is 5.13 Å². The van der Waals surface area contributed by atoms with E-state index >= 15 is 0 Å². The van der Waals surface area contributed by atoms with E-state index in [1.54, 1.807) is 0 Å². The molecule has 0 saturated carbocycles. The molecule has 1 aromatic carbocycles. The van der Waals surface area contributed by atoms with Gasteiger partial charge in [-0.3, -0.25) is 14.9 Å². The highest BCUT2D eigenvalue weighted by molar-refractivity contribution is 8.00. The first kappa shape index (κ1) is 16.9. The van der Waals surface area contributed by atoms with Gasteiger partial charge in [-0.2, -0.15) is 0 Å². The zero-order chi connectivity index (χ0) is 17.1. The molecule has 126 valence electrons. The maximum absolute atomic E-state index is 12.0. The van der Waals surface area contributed by atoms with Crippen LogP contribution in [0.2, 0.25) is 0 Å². The van der Waals surface area contributed by atoms with E-state index in [1.807, 2.05) is 12.1 Å². The molecule has 1 aliphatic rings. The Kier molecular flexibility index (Phi) is 5.15. The van der Waals surface area contributed by atoms with Crippen molar-refractivity contribution in [2.75, 3.05) is 23.5 Å². The first-order chi connectivity index (χ1) is 11.5. The fourth-order valence-corrected chi connectivity index (χ4v) is 3.94.